The fourth-order valence-electron chi connectivity index (χ4n) is 2.70. The van der Waals surface area contributed by atoms with E-state index in [2.05, 4.69) is 6.58 Å². The molecule has 17 heavy (non-hydrogen) atoms. The van der Waals surface area contributed by atoms with Crippen LogP contribution in [-0.2, 0) is 9.59 Å². The van der Waals surface area contributed by atoms with Crippen LogP contribution in [0.15, 0.2) is 23.8 Å². The molecule has 2 aliphatic carbocycles. The number of ketones is 2. The second-order valence-corrected chi connectivity index (χ2v) is 5.34. The minimum atomic E-state index is -0.361. The Morgan fingerprint density at radius 2 is 2.06 bits per heavy atom. The van der Waals surface area contributed by atoms with Crippen molar-refractivity contribution in [1.29, 1.82) is 0 Å². The fraction of sp³-hybridized carbons (Fsp3) is 0.600. The molecule has 2 aliphatic rings. The lowest BCUT2D eigenvalue weighted by atomic mass is 9.62. The molecule has 0 unspecified atom stereocenters. The van der Waals surface area contributed by atoms with Crippen LogP contribution in [0.5, 0.6) is 0 Å². The van der Waals surface area contributed by atoms with E-state index in [1.54, 1.807) is 6.08 Å². The van der Waals surface area contributed by atoms with Crippen LogP contribution in [0, 0.1) is 11.3 Å². The number of allylic oxidation sites excluding steroid dienone is 3. The van der Waals surface area contributed by atoms with Crippen molar-refractivity contribution in [3.8, 4) is 0 Å². The maximum absolute atomic E-state index is 12.2. The monoisotopic (exact) mass is 234 g/mol. The summed E-state index contributed by atoms with van der Waals surface area (Å²) in [5.74, 6) is 0.686. The molecule has 1 fully saturated rings. The van der Waals surface area contributed by atoms with Gasteiger partial charge in [0.1, 0.15) is 5.78 Å². The van der Waals surface area contributed by atoms with E-state index in [1.807, 2.05) is 13.8 Å². The topological polar surface area (TPSA) is 34.1 Å². The molecule has 2 heteroatoms. The van der Waals surface area contributed by atoms with E-state index in [1.165, 1.54) is 0 Å². The van der Waals surface area contributed by atoms with Crippen molar-refractivity contribution in [1.82, 2.24) is 0 Å². The van der Waals surface area contributed by atoms with Crippen LogP contribution in [0.25, 0.3) is 0 Å². The first-order valence-electron chi connectivity index (χ1n) is 5.86. The summed E-state index contributed by atoms with van der Waals surface area (Å²) in [6.45, 7) is 7.88. The minimum absolute atomic E-state index is 0. The van der Waals surface area contributed by atoms with E-state index in [0.717, 1.165) is 17.6 Å². The Morgan fingerprint density at radius 1 is 1.41 bits per heavy atom. The molecule has 2 atom stereocenters. The van der Waals surface area contributed by atoms with Gasteiger partial charge in [0.2, 0.25) is 0 Å². The summed E-state index contributed by atoms with van der Waals surface area (Å²) in [5.41, 5.74) is 1.72. The van der Waals surface area contributed by atoms with Crippen molar-refractivity contribution >= 4 is 11.6 Å². The summed E-state index contributed by atoms with van der Waals surface area (Å²) in [6.07, 6.45) is 4.35. The molecule has 2 rings (SSSR count). The molecule has 0 aromatic rings. The van der Waals surface area contributed by atoms with Crippen LogP contribution in [-0.4, -0.2) is 11.6 Å². The van der Waals surface area contributed by atoms with Gasteiger partial charge in [-0.05, 0) is 38.7 Å². The zero-order valence-corrected chi connectivity index (χ0v) is 10.0. The van der Waals surface area contributed by atoms with E-state index < -0.39 is 0 Å². The first kappa shape index (κ1) is 13.9. The van der Waals surface area contributed by atoms with Crippen molar-refractivity contribution in [2.75, 3.05) is 0 Å². The Morgan fingerprint density at radius 3 is 2.65 bits per heavy atom. The number of Topliss-reactive ketones (excluding diaryl/α,β-unsaturated/α-hetero) is 1. The molecule has 0 spiro atoms. The number of rotatable bonds is 1. The molecule has 94 valence electrons. The van der Waals surface area contributed by atoms with Crippen LogP contribution < -0.4 is 0 Å². The molecule has 0 bridgehead atoms. The van der Waals surface area contributed by atoms with Gasteiger partial charge in [-0.1, -0.05) is 25.2 Å². The maximum atomic E-state index is 12.2. The molecule has 0 amide bonds. The lowest BCUT2D eigenvalue weighted by Crippen LogP contribution is -2.39. The summed E-state index contributed by atoms with van der Waals surface area (Å²) < 4.78 is 0. The van der Waals surface area contributed by atoms with Gasteiger partial charge >= 0.3 is 0 Å². The smallest absolute Gasteiger partial charge is 0.155 e. The van der Waals surface area contributed by atoms with Crippen LogP contribution >= 0.6 is 0 Å². The first-order chi connectivity index (χ1) is 7.43. The number of hydrogen-bond donors (Lipinski definition) is 0. The predicted octanol–water partition coefficient (Wildman–Crippen LogP) is 3.47. The van der Waals surface area contributed by atoms with Gasteiger partial charge in [-0.15, -0.1) is 0 Å². The van der Waals surface area contributed by atoms with Crippen LogP contribution in [0.3, 0.4) is 0 Å². The van der Waals surface area contributed by atoms with Gasteiger partial charge in [0.05, 0.1) is 0 Å². The second-order valence-electron chi connectivity index (χ2n) is 5.34. The van der Waals surface area contributed by atoms with Crippen LogP contribution in [0.4, 0.5) is 0 Å². The highest BCUT2D eigenvalue weighted by atomic mass is 16.1. The van der Waals surface area contributed by atoms with E-state index >= 15 is 0 Å². The molecule has 2 nitrogen and oxygen atoms in total. The summed E-state index contributed by atoms with van der Waals surface area (Å²) in [4.78, 5) is 23.6. The molecule has 0 N–H and O–H groups in total. The molecule has 0 saturated heterocycles. The lowest BCUT2D eigenvalue weighted by Gasteiger charge is -2.40. The molecule has 0 aromatic carbocycles. The van der Waals surface area contributed by atoms with Gasteiger partial charge in [-0.2, -0.15) is 0 Å². The van der Waals surface area contributed by atoms with Gasteiger partial charge in [0, 0.05) is 18.3 Å². The Labute approximate surface area is 104 Å². The Hall–Kier alpha value is -1.18. The van der Waals surface area contributed by atoms with Gasteiger partial charge < -0.3 is 0 Å². The van der Waals surface area contributed by atoms with Gasteiger partial charge in [0.25, 0.3) is 0 Å². The quantitative estimate of drug-likeness (QED) is 0.651. The Kier molecular flexibility index (Phi) is 3.75. The molecule has 0 aromatic heterocycles. The lowest BCUT2D eigenvalue weighted by molar-refractivity contribution is -0.129. The zero-order valence-electron chi connectivity index (χ0n) is 10.0. The maximum Gasteiger partial charge on any atom is 0.155 e. The molecular formula is C15H22O2. The average molecular weight is 234 g/mol. The fourth-order valence-corrected chi connectivity index (χ4v) is 2.70. The molecular weight excluding hydrogens is 212 g/mol. The first-order valence-corrected chi connectivity index (χ1v) is 5.86. The predicted molar refractivity (Wildman–Crippen MR) is 69.7 cm³/mol. The summed E-state index contributed by atoms with van der Waals surface area (Å²) in [6, 6.07) is 0. The highest BCUT2D eigenvalue weighted by molar-refractivity contribution is 5.97. The minimum Gasteiger partial charge on any atom is -0.299 e. The van der Waals surface area contributed by atoms with E-state index in [9.17, 15) is 9.59 Å². The van der Waals surface area contributed by atoms with E-state index in [4.69, 9.17) is 0 Å². The third kappa shape index (κ3) is 2.26. The summed E-state index contributed by atoms with van der Waals surface area (Å²) >= 11 is 0. The van der Waals surface area contributed by atoms with Crippen LogP contribution in [0.2, 0.25) is 0 Å². The molecule has 0 radical (unpaired) electrons. The van der Waals surface area contributed by atoms with Crippen LogP contribution in [0.1, 0.15) is 47.0 Å². The zero-order chi connectivity index (χ0) is 11.9. The molecule has 1 saturated carbocycles. The highest BCUT2D eigenvalue weighted by Crippen LogP contribution is 2.47. The third-order valence-corrected chi connectivity index (χ3v) is 4.13. The SMILES string of the molecule is C.C=C(C)[C@H]1CC(=O)[C@]2(C)CCC(=O)C=C2C1. The highest BCUT2D eigenvalue weighted by Gasteiger charge is 2.44. The second kappa shape index (κ2) is 4.59. The van der Waals surface area contributed by atoms with Crippen molar-refractivity contribution in [2.24, 2.45) is 11.3 Å². The van der Waals surface area contributed by atoms with Crippen molar-refractivity contribution in [3.05, 3.63) is 23.8 Å². The summed E-state index contributed by atoms with van der Waals surface area (Å²) in [5, 5.41) is 0. The van der Waals surface area contributed by atoms with E-state index in [-0.39, 0.29) is 30.3 Å². The number of carbonyl (C=O) groups is 2. The largest absolute Gasteiger partial charge is 0.299 e. The van der Waals surface area contributed by atoms with Gasteiger partial charge in [-0.25, -0.2) is 0 Å². The number of fused-ring (bicyclic) bond motifs is 1. The van der Waals surface area contributed by atoms with Gasteiger partial charge in [0.15, 0.2) is 5.78 Å². The normalized spacial score (nSPS) is 32.4. The standard InChI is InChI=1S/C14H18O2.CH4/c1-9(2)10-6-11-8-12(15)4-5-14(11,3)13(16)7-10;/h8,10H,1,4-7H2,2-3H3;1H4/t10-,14-;/m1./s1. The molecule has 0 heterocycles. The van der Waals surface area contributed by atoms with Crippen molar-refractivity contribution in [3.63, 3.8) is 0 Å². The van der Waals surface area contributed by atoms with Crippen molar-refractivity contribution < 1.29 is 9.59 Å². The van der Waals surface area contributed by atoms with Gasteiger partial charge in [-0.3, -0.25) is 9.59 Å². The van der Waals surface area contributed by atoms with E-state index in [0.29, 0.717) is 19.3 Å². The number of hydrogen-bond acceptors (Lipinski definition) is 2. The Balaban J connectivity index is 0.00000144. The third-order valence-electron chi connectivity index (χ3n) is 4.13. The Bertz CT molecular complexity index is 403. The summed E-state index contributed by atoms with van der Waals surface area (Å²) in [7, 11) is 0. The number of carbonyl (C=O) groups excluding carboxylic acids is 2. The molecule has 0 aliphatic heterocycles. The van der Waals surface area contributed by atoms with Crippen molar-refractivity contribution in [2.45, 2.75) is 47.0 Å². The average Bonchev–Trinajstić information content (AvgIpc) is 2.21.